The van der Waals surface area contributed by atoms with Crippen molar-refractivity contribution in [2.45, 2.75) is 37.6 Å². The van der Waals surface area contributed by atoms with Gasteiger partial charge in [-0.25, -0.2) is 0 Å². The second kappa shape index (κ2) is 2.14. The van der Waals surface area contributed by atoms with Crippen LogP contribution in [0.15, 0.2) is 0 Å². The lowest BCUT2D eigenvalue weighted by atomic mass is 9.75. The van der Waals surface area contributed by atoms with Crippen LogP contribution in [0.3, 0.4) is 0 Å². The van der Waals surface area contributed by atoms with Crippen molar-refractivity contribution in [1.29, 1.82) is 0 Å². The molecule has 0 aromatic carbocycles. The van der Waals surface area contributed by atoms with Crippen molar-refractivity contribution in [1.82, 2.24) is 0 Å². The van der Waals surface area contributed by atoms with E-state index < -0.39 is 0 Å². The van der Waals surface area contributed by atoms with Gasteiger partial charge in [0.05, 0.1) is 24.0 Å². The molecule has 3 heterocycles. The lowest BCUT2D eigenvalue weighted by Gasteiger charge is -2.32. The Morgan fingerprint density at radius 1 is 0.867 bits per heavy atom. The van der Waals surface area contributed by atoms with Crippen molar-refractivity contribution in [2.75, 3.05) is 0 Å². The SMILES string of the molecule is O=C1C2C3OC4CCC5OC(O3)C1C5C42. The molecular formula is C11H12O4. The Kier molecular flexibility index (Phi) is 1.11. The van der Waals surface area contributed by atoms with Crippen molar-refractivity contribution in [3.63, 3.8) is 0 Å². The molecule has 5 rings (SSSR count). The number of carbonyl (C=O) groups excluding carboxylic acids is 1. The molecule has 0 aromatic heterocycles. The molecule has 0 radical (unpaired) electrons. The summed E-state index contributed by atoms with van der Waals surface area (Å²) in [5, 5.41) is 0. The molecule has 2 aliphatic carbocycles. The highest BCUT2D eigenvalue weighted by Gasteiger charge is 2.72. The predicted octanol–water partition coefficient (Wildman–Crippen LogP) is 0.308. The minimum Gasteiger partial charge on any atom is -0.348 e. The molecule has 4 nitrogen and oxygen atoms in total. The van der Waals surface area contributed by atoms with Crippen molar-refractivity contribution in [3.8, 4) is 0 Å². The van der Waals surface area contributed by atoms with E-state index in [0.717, 1.165) is 12.8 Å². The van der Waals surface area contributed by atoms with Crippen LogP contribution in [0.2, 0.25) is 0 Å². The number of ether oxygens (including phenoxy) is 3. The highest BCUT2D eigenvalue weighted by molar-refractivity contribution is 5.89. The van der Waals surface area contributed by atoms with Gasteiger partial charge in [0.2, 0.25) is 0 Å². The maximum absolute atomic E-state index is 12.2. The Morgan fingerprint density at radius 2 is 1.40 bits per heavy atom. The maximum atomic E-state index is 12.2. The lowest BCUT2D eigenvalue weighted by molar-refractivity contribution is -0.258. The fraction of sp³-hybridized carbons (Fsp3) is 0.909. The average molecular weight is 208 g/mol. The summed E-state index contributed by atoms with van der Waals surface area (Å²) in [4.78, 5) is 12.2. The summed E-state index contributed by atoms with van der Waals surface area (Å²) in [7, 11) is 0. The minimum atomic E-state index is -0.294. The largest absolute Gasteiger partial charge is 0.348 e. The van der Waals surface area contributed by atoms with Gasteiger partial charge >= 0.3 is 0 Å². The first-order valence-corrected chi connectivity index (χ1v) is 5.85. The molecule has 2 bridgehead atoms. The summed E-state index contributed by atoms with van der Waals surface area (Å²) < 4.78 is 17.4. The van der Waals surface area contributed by atoms with Gasteiger partial charge in [0.25, 0.3) is 0 Å². The summed E-state index contributed by atoms with van der Waals surface area (Å²) in [5.41, 5.74) is 0. The van der Waals surface area contributed by atoms with Gasteiger partial charge in [-0.15, -0.1) is 0 Å². The molecule has 8 unspecified atom stereocenters. The molecule has 80 valence electrons. The first-order chi connectivity index (χ1) is 7.34. The van der Waals surface area contributed by atoms with E-state index in [0.29, 0.717) is 17.6 Å². The Hall–Kier alpha value is -0.450. The molecule has 0 amide bonds. The number of ketones is 1. The van der Waals surface area contributed by atoms with Gasteiger partial charge in [-0.1, -0.05) is 0 Å². The van der Waals surface area contributed by atoms with Gasteiger partial charge < -0.3 is 14.2 Å². The van der Waals surface area contributed by atoms with Gasteiger partial charge in [0, 0.05) is 11.8 Å². The van der Waals surface area contributed by atoms with Crippen LogP contribution < -0.4 is 0 Å². The first-order valence-electron chi connectivity index (χ1n) is 5.85. The third kappa shape index (κ3) is 0.655. The van der Waals surface area contributed by atoms with Gasteiger partial charge in [0.1, 0.15) is 5.78 Å². The molecule has 5 fully saturated rings. The van der Waals surface area contributed by atoms with Gasteiger partial charge in [-0.2, -0.15) is 0 Å². The lowest BCUT2D eigenvalue weighted by Crippen LogP contribution is -2.42. The standard InChI is InChI=1S/C11H12O4/c12-9-7-5-3-1-2-4-6(5)8(9)11(14-4)15-10(7)13-3/h3-8,10-11H,1-2H2. The molecule has 0 spiro atoms. The van der Waals surface area contributed by atoms with Crippen LogP contribution in [-0.2, 0) is 19.0 Å². The second-order valence-corrected chi connectivity index (χ2v) is 5.41. The fourth-order valence-electron chi connectivity index (χ4n) is 4.58. The number of carbonyl (C=O) groups is 1. The maximum Gasteiger partial charge on any atom is 0.171 e. The van der Waals surface area contributed by atoms with Crippen LogP contribution in [0.5, 0.6) is 0 Å². The van der Waals surface area contributed by atoms with E-state index in [9.17, 15) is 4.79 Å². The Bertz CT molecular complexity index is 336. The second-order valence-electron chi connectivity index (χ2n) is 5.41. The third-order valence-corrected chi connectivity index (χ3v) is 5.00. The Morgan fingerprint density at radius 3 is 1.93 bits per heavy atom. The van der Waals surface area contributed by atoms with Crippen molar-refractivity contribution < 1.29 is 19.0 Å². The Labute approximate surface area is 86.9 Å². The quantitative estimate of drug-likeness (QED) is 0.574. The van der Waals surface area contributed by atoms with Crippen LogP contribution in [0.4, 0.5) is 0 Å². The monoisotopic (exact) mass is 208 g/mol. The number of hydrogen-bond acceptors (Lipinski definition) is 4. The minimum absolute atomic E-state index is 0.0351. The third-order valence-electron chi connectivity index (χ3n) is 5.00. The normalized spacial score (nSPS) is 68.1. The summed E-state index contributed by atoms with van der Waals surface area (Å²) >= 11 is 0. The number of rotatable bonds is 0. The summed E-state index contributed by atoms with van der Waals surface area (Å²) in [6.07, 6.45) is 2.01. The van der Waals surface area contributed by atoms with Crippen LogP contribution >= 0.6 is 0 Å². The van der Waals surface area contributed by atoms with E-state index in [1.807, 2.05) is 0 Å². The zero-order chi connectivity index (χ0) is 9.73. The topological polar surface area (TPSA) is 44.8 Å². The molecule has 4 heteroatoms. The highest BCUT2D eigenvalue weighted by Crippen LogP contribution is 2.62. The molecular weight excluding hydrogens is 196 g/mol. The number of Topliss-reactive ketones (excluding diaryl/α,β-unsaturated/α-hetero) is 1. The van der Waals surface area contributed by atoms with E-state index in [1.165, 1.54) is 0 Å². The first kappa shape index (κ1) is 7.76. The van der Waals surface area contributed by atoms with Gasteiger partial charge in [-0.3, -0.25) is 4.79 Å². The predicted molar refractivity (Wildman–Crippen MR) is 46.6 cm³/mol. The van der Waals surface area contributed by atoms with Crippen LogP contribution in [-0.4, -0.2) is 30.6 Å². The summed E-state index contributed by atoms with van der Waals surface area (Å²) in [6.45, 7) is 0. The van der Waals surface area contributed by atoms with Gasteiger partial charge in [0.15, 0.2) is 12.6 Å². The molecule has 0 N–H and O–H groups in total. The summed E-state index contributed by atoms with van der Waals surface area (Å²) in [6, 6.07) is 0. The van der Waals surface area contributed by atoms with E-state index >= 15 is 0 Å². The van der Waals surface area contributed by atoms with Crippen molar-refractivity contribution >= 4 is 5.78 Å². The van der Waals surface area contributed by atoms with Crippen LogP contribution in [0.1, 0.15) is 12.8 Å². The smallest absolute Gasteiger partial charge is 0.171 e. The Balaban J connectivity index is 1.77. The molecule has 8 atom stereocenters. The fourth-order valence-corrected chi connectivity index (χ4v) is 4.58. The molecule has 5 aliphatic rings. The zero-order valence-corrected chi connectivity index (χ0v) is 8.17. The van der Waals surface area contributed by atoms with E-state index in [-0.39, 0.29) is 36.6 Å². The molecule has 3 aliphatic heterocycles. The van der Waals surface area contributed by atoms with E-state index in [4.69, 9.17) is 14.2 Å². The van der Waals surface area contributed by atoms with Crippen LogP contribution in [0, 0.1) is 23.7 Å². The summed E-state index contributed by atoms with van der Waals surface area (Å²) in [5.74, 6) is 1.23. The van der Waals surface area contributed by atoms with E-state index in [2.05, 4.69) is 0 Å². The van der Waals surface area contributed by atoms with Crippen molar-refractivity contribution in [2.24, 2.45) is 23.7 Å². The van der Waals surface area contributed by atoms with Crippen LogP contribution in [0.25, 0.3) is 0 Å². The van der Waals surface area contributed by atoms with Gasteiger partial charge in [-0.05, 0) is 12.8 Å². The molecule has 15 heavy (non-hydrogen) atoms. The average Bonchev–Trinajstić information content (AvgIpc) is 2.79. The number of hydrogen-bond donors (Lipinski definition) is 0. The van der Waals surface area contributed by atoms with Crippen molar-refractivity contribution in [3.05, 3.63) is 0 Å². The molecule has 2 saturated carbocycles. The molecule has 3 saturated heterocycles. The zero-order valence-electron chi connectivity index (χ0n) is 8.17. The highest BCUT2D eigenvalue weighted by atomic mass is 16.8. The van der Waals surface area contributed by atoms with E-state index in [1.54, 1.807) is 0 Å². The molecule has 0 aromatic rings.